The standard InChI is InChI=1S/C8H7ClN3O5P/c9-6-1-4(3-18(15,16)17)12-2-5(7(13)14)10-8(12)11-6/h1-2H,3H2,(H,13,14)(H2,15,16,17). The van der Waals surface area contributed by atoms with Crippen LogP contribution in [0.4, 0.5) is 0 Å². The van der Waals surface area contributed by atoms with Gasteiger partial charge in [0.25, 0.3) is 0 Å². The first kappa shape index (κ1) is 13.0. The summed E-state index contributed by atoms with van der Waals surface area (Å²) >= 11 is 5.68. The zero-order valence-corrected chi connectivity index (χ0v) is 10.3. The first-order valence-corrected chi connectivity index (χ1v) is 6.76. The molecule has 2 rings (SSSR count). The van der Waals surface area contributed by atoms with Crippen LogP contribution in [0.5, 0.6) is 0 Å². The van der Waals surface area contributed by atoms with Crippen LogP contribution in [0.1, 0.15) is 16.2 Å². The van der Waals surface area contributed by atoms with Gasteiger partial charge >= 0.3 is 13.6 Å². The maximum Gasteiger partial charge on any atom is 0.356 e. The lowest BCUT2D eigenvalue weighted by Gasteiger charge is -2.06. The maximum absolute atomic E-state index is 11.0. The Morgan fingerprint density at radius 1 is 1.44 bits per heavy atom. The largest absolute Gasteiger partial charge is 0.476 e. The average Bonchev–Trinajstić information content (AvgIpc) is 2.58. The Balaban J connectivity index is 2.64. The average molecular weight is 292 g/mol. The fourth-order valence-electron chi connectivity index (χ4n) is 1.43. The summed E-state index contributed by atoms with van der Waals surface area (Å²) in [7, 11) is -4.31. The van der Waals surface area contributed by atoms with Crippen LogP contribution in [0.2, 0.25) is 5.15 Å². The summed E-state index contributed by atoms with van der Waals surface area (Å²) < 4.78 is 12.2. The summed E-state index contributed by atoms with van der Waals surface area (Å²) in [6.07, 6.45) is 0.549. The summed E-state index contributed by atoms with van der Waals surface area (Å²) in [4.78, 5) is 36.1. The van der Waals surface area contributed by atoms with E-state index in [0.29, 0.717) is 0 Å². The number of nitrogens with zero attached hydrogens (tertiary/aromatic N) is 3. The van der Waals surface area contributed by atoms with Gasteiger partial charge in [0.15, 0.2) is 5.69 Å². The molecule has 8 nitrogen and oxygen atoms in total. The number of hydrogen-bond donors (Lipinski definition) is 3. The lowest BCUT2D eigenvalue weighted by molar-refractivity contribution is 0.0691. The Hall–Kier alpha value is -1.47. The van der Waals surface area contributed by atoms with Crippen molar-refractivity contribution < 1.29 is 24.3 Å². The monoisotopic (exact) mass is 291 g/mol. The van der Waals surface area contributed by atoms with Gasteiger partial charge in [-0.15, -0.1) is 0 Å². The molecule has 0 aliphatic rings. The minimum atomic E-state index is -4.31. The molecule has 0 atom stereocenters. The summed E-state index contributed by atoms with van der Waals surface area (Å²) in [6.45, 7) is 0. The molecule has 0 aliphatic carbocycles. The number of halogens is 1. The predicted octanol–water partition coefficient (Wildman–Crippen LogP) is 0.759. The Morgan fingerprint density at radius 2 is 2.11 bits per heavy atom. The van der Waals surface area contributed by atoms with Gasteiger partial charge in [-0.3, -0.25) is 8.97 Å². The molecular formula is C8H7ClN3O5P. The van der Waals surface area contributed by atoms with E-state index in [0.717, 1.165) is 6.20 Å². The van der Waals surface area contributed by atoms with Crippen LogP contribution < -0.4 is 0 Å². The number of aromatic carboxylic acids is 1. The van der Waals surface area contributed by atoms with Crippen LogP contribution in [0, 0.1) is 0 Å². The smallest absolute Gasteiger partial charge is 0.356 e. The van der Waals surface area contributed by atoms with Gasteiger partial charge in [0.2, 0.25) is 5.78 Å². The van der Waals surface area contributed by atoms with E-state index in [-0.39, 0.29) is 22.3 Å². The van der Waals surface area contributed by atoms with E-state index < -0.39 is 19.7 Å². The van der Waals surface area contributed by atoms with Crippen molar-refractivity contribution in [2.45, 2.75) is 6.16 Å². The van der Waals surface area contributed by atoms with Crippen LogP contribution in [0.3, 0.4) is 0 Å². The van der Waals surface area contributed by atoms with E-state index >= 15 is 0 Å². The van der Waals surface area contributed by atoms with Crippen molar-refractivity contribution in [3.05, 3.63) is 28.8 Å². The molecule has 0 saturated carbocycles. The third-order valence-corrected chi connectivity index (χ3v) is 3.01. The molecule has 0 fully saturated rings. The molecule has 0 spiro atoms. The van der Waals surface area contributed by atoms with E-state index in [1.54, 1.807) is 0 Å². The summed E-state index contributed by atoms with van der Waals surface area (Å²) in [6, 6.07) is 1.25. The summed E-state index contributed by atoms with van der Waals surface area (Å²) in [5.41, 5.74) is -0.143. The number of hydrogen-bond acceptors (Lipinski definition) is 4. The predicted molar refractivity (Wildman–Crippen MR) is 60.7 cm³/mol. The third-order valence-electron chi connectivity index (χ3n) is 2.08. The van der Waals surface area contributed by atoms with Gasteiger partial charge in [-0.1, -0.05) is 11.6 Å². The highest BCUT2D eigenvalue weighted by molar-refractivity contribution is 7.50. The third kappa shape index (κ3) is 2.68. The molecule has 0 amide bonds. The molecule has 2 aromatic rings. The Bertz CT molecular complexity index is 679. The van der Waals surface area contributed by atoms with Gasteiger partial charge in [0.05, 0.1) is 6.16 Å². The summed E-state index contributed by atoms with van der Waals surface area (Å²) in [5, 5.41) is 8.77. The Labute approximate surface area is 105 Å². The number of fused-ring (bicyclic) bond motifs is 1. The molecule has 3 N–H and O–H groups in total. The topological polar surface area (TPSA) is 125 Å². The minimum absolute atomic E-state index is 0.0199. The van der Waals surface area contributed by atoms with Crippen molar-refractivity contribution >= 4 is 30.9 Å². The number of aromatic nitrogens is 3. The van der Waals surface area contributed by atoms with Gasteiger partial charge in [-0.05, 0) is 6.07 Å². The fourth-order valence-corrected chi connectivity index (χ4v) is 2.30. The van der Waals surface area contributed by atoms with E-state index in [1.165, 1.54) is 10.5 Å². The molecule has 0 aromatic carbocycles. The first-order chi connectivity index (χ1) is 8.26. The Morgan fingerprint density at radius 3 is 2.67 bits per heavy atom. The van der Waals surface area contributed by atoms with Crippen molar-refractivity contribution in [3.63, 3.8) is 0 Å². The van der Waals surface area contributed by atoms with Crippen LogP contribution in [0.25, 0.3) is 5.78 Å². The highest BCUT2D eigenvalue weighted by Crippen LogP contribution is 2.39. The molecule has 2 aromatic heterocycles. The van der Waals surface area contributed by atoms with E-state index in [2.05, 4.69) is 9.97 Å². The lowest BCUT2D eigenvalue weighted by Crippen LogP contribution is -1.99. The van der Waals surface area contributed by atoms with Gasteiger partial charge in [0.1, 0.15) is 5.15 Å². The van der Waals surface area contributed by atoms with Crippen molar-refractivity contribution in [2.75, 3.05) is 0 Å². The number of carboxylic acid groups (broad SMARTS) is 1. The zero-order chi connectivity index (χ0) is 13.5. The van der Waals surface area contributed by atoms with E-state index in [9.17, 15) is 9.36 Å². The van der Waals surface area contributed by atoms with Crippen molar-refractivity contribution in [3.8, 4) is 0 Å². The second kappa shape index (κ2) is 4.33. The fraction of sp³-hybridized carbons (Fsp3) is 0.125. The van der Waals surface area contributed by atoms with Crippen molar-refractivity contribution in [2.24, 2.45) is 0 Å². The normalized spacial score (nSPS) is 11.9. The minimum Gasteiger partial charge on any atom is -0.476 e. The van der Waals surface area contributed by atoms with Crippen LogP contribution in [-0.4, -0.2) is 35.2 Å². The molecule has 0 saturated heterocycles. The van der Waals surface area contributed by atoms with Gasteiger partial charge in [-0.2, -0.15) is 0 Å². The van der Waals surface area contributed by atoms with Gasteiger partial charge in [0, 0.05) is 11.9 Å². The number of rotatable bonds is 3. The van der Waals surface area contributed by atoms with E-state index in [4.69, 9.17) is 26.5 Å². The molecule has 18 heavy (non-hydrogen) atoms. The van der Waals surface area contributed by atoms with Crippen molar-refractivity contribution in [1.29, 1.82) is 0 Å². The molecule has 2 heterocycles. The Kier molecular flexibility index (Phi) is 3.12. The molecule has 0 unspecified atom stereocenters. The SMILES string of the molecule is O=C(O)c1cn2c(CP(=O)(O)O)cc(Cl)nc2n1. The number of carboxylic acids is 1. The first-order valence-electron chi connectivity index (χ1n) is 4.58. The number of imidazole rings is 1. The second-order valence-corrected chi connectivity index (χ2v) is 5.53. The maximum atomic E-state index is 11.0. The molecular weight excluding hydrogens is 285 g/mol. The lowest BCUT2D eigenvalue weighted by atomic mass is 10.4. The van der Waals surface area contributed by atoms with Crippen LogP contribution in [0.15, 0.2) is 12.3 Å². The molecule has 10 heteroatoms. The highest BCUT2D eigenvalue weighted by Gasteiger charge is 2.19. The quantitative estimate of drug-likeness (QED) is 0.563. The van der Waals surface area contributed by atoms with E-state index in [1.807, 2.05) is 0 Å². The molecule has 0 aliphatic heterocycles. The summed E-state index contributed by atoms with van der Waals surface area (Å²) in [5.74, 6) is -1.29. The second-order valence-electron chi connectivity index (χ2n) is 3.49. The zero-order valence-electron chi connectivity index (χ0n) is 8.69. The molecule has 0 radical (unpaired) electrons. The molecule has 96 valence electrons. The highest BCUT2D eigenvalue weighted by atomic mass is 35.5. The number of carbonyl (C=O) groups is 1. The van der Waals surface area contributed by atoms with Crippen LogP contribution in [-0.2, 0) is 10.7 Å². The van der Waals surface area contributed by atoms with Crippen LogP contribution >= 0.6 is 19.2 Å². The molecule has 0 bridgehead atoms. The van der Waals surface area contributed by atoms with Gasteiger partial charge < -0.3 is 14.9 Å². The van der Waals surface area contributed by atoms with Crippen molar-refractivity contribution in [1.82, 2.24) is 14.4 Å². The van der Waals surface area contributed by atoms with Gasteiger partial charge in [-0.25, -0.2) is 14.8 Å².